The standard InChI is InChI=1S/C20H20ClN3O2S/c1-2-10-25-17-5-3-4-14(21)19(17)18-11-15(24-26-18)16-12-27-20(23-16)13-6-8-22-9-7-13/h1,3-5,12-13,18,22H,6-11H2/t18-/m0/s1. The van der Waals surface area contributed by atoms with E-state index in [1.807, 2.05) is 18.2 Å². The number of nitrogens with zero attached hydrogens (tertiary/aromatic N) is 2. The Bertz CT molecular complexity index is 884. The first kappa shape index (κ1) is 18.3. The van der Waals surface area contributed by atoms with Crippen LogP contribution in [0.2, 0.25) is 5.02 Å². The molecule has 1 aromatic carbocycles. The van der Waals surface area contributed by atoms with Crippen LogP contribution in [-0.4, -0.2) is 30.4 Å². The highest BCUT2D eigenvalue weighted by Gasteiger charge is 2.30. The molecule has 2 aliphatic heterocycles. The molecular formula is C20H20ClN3O2S. The fourth-order valence-electron chi connectivity index (χ4n) is 3.44. The summed E-state index contributed by atoms with van der Waals surface area (Å²) < 4.78 is 5.63. The Morgan fingerprint density at radius 1 is 1.37 bits per heavy atom. The van der Waals surface area contributed by atoms with E-state index >= 15 is 0 Å². The predicted octanol–water partition coefficient (Wildman–Crippen LogP) is 4.14. The molecule has 0 aliphatic carbocycles. The van der Waals surface area contributed by atoms with E-state index in [9.17, 15) is 0 Å². The van der Waals surface area contributed by atoms with Gasteiger partial charge >= 0.3 is 0 Å². The third kappa shape index (κ3) is 3.96. The van der Waals surface area contributed by atoms with Crippen LogP contribution in [0.4, 0.5) is 0 Å². The molecule has 4 rings (SSSR count). The van der Waals surface area contributed by atoms with Crippen LogP contribution < -0.4 is 10.1 Å². The SMILES string of the molecule is C#CCOc1cccc(Cl)c1[C@@H]1CC(c2csc(C3CCNCC3)n2)=NO1. The van der Waals surface area contributed by atoms with Crippen LogP contribution >= 0.6 is 22.9 Å². The molecule has 5 nitrogen and oxygen atoms in total. The van der Waals surface area contributed by atoms with Gasteiger partial charge in [0.15, 0.2) is 6.10 Å². The van der Waals surface area contributed by atoms with Crippen LogP contribution in [0.3, 0.4) is 0 Å². The first-order valence-electron chi connectivity index (χ1n) is 9.00. The van der Waals surface area contributed by atoms with E-state index in [0.29, 0.717) is 23.1 Å². The van der Waals surface area contributed by atoms with Crippen molar-refractivity contribution in [2.45, 2.75) is 31.3 Å². The lowest BCUT2D eigenvalue weighted by atomic mass is 9.99. The molecule has 2 aliphatic rings. The number of hydrogen-bond donors (Lipinski definition) is 1. The molecule has 2 aromatic rings. The molecule has 1 fully saturated rings. The third-order valence-corrected chi connectivity index (χ3v) is 6.16. The van der Waals surface area contributed by atoms with Crippen LogP contribution in [-0.2, 0) is 4.84 Å². The summed E-state index contributed by atoms with van der Waals surface area (Å²) >= 11 is 8.11. The first-order chi connectivity index (χ1) is 13.3. The Labute approximate surface area is 167 Å². The minimum atomic E-state index is -0.300. The second kappa shape index (κ2) is 8.30. The molecule has 1 saturated heterocycles. The zero-order chi connectivity index (χ0) is 18.6. The Hall–Kier alpha value is -2.07. The number of hydrogen-bond acceptors (Lipinski definition) is 6. The van der Waals surface area contributed by atoms with Gasteiger partial charge in [-0.3, -0.25) is 0 Å². The van der Waals surface area contributed by atoms with Crippen molar-refractivity contribution in [3.63, 3.8) is 0 Å². The second-order valence-corrected chi connectivity index (χ2v) is 7.87. The van der Waals surface area contributed by atoms with Gasteiger partial charge in [0.2, 0.25) is 0 Å². The number of halogens is 1. The van der Waals surface area contributed by atoms with Gasteiger partial charge in [-0.15, -0.1) is 17.8 Å². The van der Waals surface area contributed by atoms with E-state index in [1.54, 1.807) is 11.3 Å². The quantitative estimate of drug-likeness (QED) is 0.765. The fourth-order valence-corrected chi connectivity index (χ4v) is 4.72. The lowest BCUT2D eigenvalue weighted by molar-refractivity contribution is 0.0835. The number of piperidine rings is 1. The highest BCUT2D eigenvalue weighted by Crippen LogP contribution is 2.40. The molecule has 0 saturated carbocycles. The maximum atomic E-state index is 6.41. The Balaban J connectivity index is 1.49. The number of thiazole rings is 1. The normalized spacial score (nSPS) is 20.0. The molecule has 7 heteroatoms. The number of oxime groups is 1. The van der Waals surface area contributed by atoms with Gasteiger partial charge in [0.25, 0.3) is 0 Å². The smallest absolute Gasteiger partial charge is 0.163 e. The number of aromatic nitrogens is 1. The Morgan fingerprint density at radius 2 is 2.22 bits per heavy atom. The number of benzene rings is 1. The van der Waals surface area contributed by atoms with Gasteiger partial charge in [0.1, 0.15) is 18.1 Å². The van der Waals surface area contributed by atoms with Gasteiger partial charge in [0, 0.05) is 17.7 Å². The van der Waals surface area contributed by atoms with Gasteiger partial charge in [-0.05, 0) is 38.1 Å². The lowest BCUT2D eigenvalue weighted by Gasteiger charge is -2.20. The minimum Gasteiger partial charge on any atom is -0.480 e. The maximum absolute atomic E-state index is 6.41. The molecule has 27 heavy (non-hydrogen) atoms. The Morgan fingerprint density at radius 3 is 3.04 bits per heavy atom. The van der Waals surface area contributed by atoms with Gasteiger partial charge in [-0.2, -0.15) is 0 Å². The first-order valence-corrected chi connectivity index (χ1v) is 10.3. The van der Waals surface area contributed by atoms with E-state index in [4.69, 9.17) is 32.6 Å². The predicted molar refractivity (Wildman–Crippen MR) is 108 cm³/mol. The summed E-state index contributed by atoms with van der Waals surface area (Å²) in [6.07, 6.45) is 7.88. The largest absolute Gasteiger partial charge is 0.480 e. The number of ether oxygens (including phenoxy) is 1. The summed E-state index contributed by atoms with van der Waals surface area (Å²) in [6.45, 7) is 2.29. The third-order valence-electron chi connectivity index (χ3n) is 4.82. The molecule has 1 atom stereocenters. The number of terminal acetylenes is 1. The zero-order valence-corrected chi connectivity index (χ0v) is 16.4. The Kier molecular flexibility index (Phi) is 5.63. The van der Waals surface area contributed by atoms with E-state index in [-0.39, 0.29) is 12.7 Å². The van der Waals surface area contributed by atoms with Crippen molar-refractivity contribution >= 4 is 28.6 Å². The summed E-state index contributed by atoms with van der Waals surface area (Å²) in [4.78, 5) is 10.5. The average Bonchev–Trinajstić information content (AvgIpc) is 3.36. The summed E-state index contributed by atoms with van der Waals surface area (Å²) in [5.41, 5.74) is 2.52. The summed E-state index contributed by atoms with van der Waals surface area (Å²) in [7, 11) is 0. The van der Waals surface area contributed by atoms with Gasteiger partial charge < -0.3 is 14.9 Å². The molecule has 0 bridgehead atoms. The van der Waals surface area contributed by atoms with Crippen LogP contribution in [0.1, 0.15) is 47.5 Å². The molecule has 0 unspecified atom stereocenters. The topological polar surface area (TPSA) is 55.7 Å². The van der Waals surface area contributed by atoms with E-state index in [0.717, 1.165) is 42.9 Å². The van der Waals surface area contributed by atoms with Crippen molar-refractivity contribution in [2.75, 3.05) is 19.7 Å². The monoisotopic (exact) mass is 401 g/mol. The summed E-state index contributed by atoms with van der Waals surface area (Å²) in [6, 6.07) is 5.50. The van der Waals surface area contributed by atoms with Crippen LogP contribution in [0.25, 0.3) is 0 Å². The van der Waals surface area contributed by atoms with E-state index < -0.39 is 0 Å². The van der Waals surface area contributed by atoms with Crippen molar-refractivity contribution in [1.29, 1.82) is 0 Å². The van der Waals surface area contributed by atoms with Crippen LogP contribution in [0, 0.1) is 12.3 Å². The minimum absolute atomic E-state index is 0.180. The summed E-state index contributed by atoms with van der Waals surface area (Å²) in [5.74, 6) is 3.65. The van der Waals surface area contributed by atoms with Crippen LogP contribution in [0.15, 0.2) is 28.7 Å². The van der Waals surface area contributed by atoms with Crippen LogP contribution in [0.5, 0.6) is 5.75 Å². The molecular weight excluding hydrogens is 382 g/mol. The van der Waals surface area contributed by atoms with Crippen molar-refractivity contribution < 1.29 is 9.57 Å². The van der Waals surface area contributed by atoms with Crippen molar-refractivity contribution in [2.24, 2.45) is 5.16 Å². The molecule has 140 valence electrons. The number of nitrogens with one attached hydrogen (secondary N) is 1. The summed E-state index contributed by atoms with van der Waals surface area (Å²) in [5, 5.41) is 11.5. The van der Waals surface area contributed by atoms with Crippen molar-refractivity contribution in [1.82, 2.24) is 10.3 Å². The highest BCUT2D eigenvalue weighted by molar-refractivity contribution is 7.10. The van der Waals surface area contributed by atoms with Gasteiger partial charge in [0.05, 0.1) is 21.3 Å². The maximum Gasteiger partial charge on any atom is 0.163 e. The molecule has 0 radical (unpaired) electrons. The van der Waals surface area contributed by atoms with E-state index in [2.05, 4.69) is 21.8 Å². The van der Waals surface area contributed by atoms with Gasteiger partial charge in [-0.25, -0.2) is 4.98 Å². The molecule has 3 heterocycles. The molecule has 0 amide bonds. The lowest BCUT2D eigenvalue weighted by Crippen LogP contribution is -2.26. The highest BCUT2D eigenvalue weighted by atomic mass is 35.5. The van der Waals surface area contributed by atoms with Crippen molar-refractivity contribution in [3.8, 4) is 18.1 Å². The molecule has 0 spiro atoms. The van der Waals surface area contributed by atoms with Crippen molar-refractivity contribution in [3.05, 3.63) is 44.9 Å². The zero-order valence-electron chi connectivity index (χ0n) is 14.8. The number of rotatable bonds is 5. The molecule has 1 aromatic heterocycles. The van der Waals surface area contributed by atoms with E-state index in [1.165, 1.54) is 5.01 Å². The fraction of sp³-hybridized carbons (Fsp3) is 0.400. The molecule has 1 N–H and O–H groups in total. The van der Waals surface area contributed by atoms with Gasteiger partial charge in [-0.1, -0.05) is 28.7 Å². The second-order valence-electron chi connectivity index (χ2n) is 6.58. The average molecular weight is 402 g/mol.